The third-order valence-corrected chi connectivity index (χ3v) is 8.26. The van der Waals surface area contributed by atoms with Gasteiger partial charge in [-0.3, -0.25) is 0 Å². The zero-order chi connectivity index (χ0) is 29.0. The highest BCUT2D eigenvalue weighted by atomic mass is 16.3. The zero-order valence-corrected chi connectivity index (χ0v) is 23.6. The summed E-state index contributed by atoms with van der Waals surface area (Å²) in [6, 6.07) is 49.7. The van der Waals surface area contributed by atoms with E-state index in [4.69, 9.17) is 19.4 Å². The lowest BCUT2D eigenvalue weighted by Gasteiger charge is -2.10. The number of nitrogens with zero attached hydrogens (tertiary/aromatic N) is 4. The van der Waals surface area contributed by atoms with E-state index in [0.717, 1.165) is 66.1 Å². The fraction of sp³-hybridized carbons (Fsp3) is 0. The first-order valence-corrected chi connectivity index (χ1v) is 14.6. The molecule has 0 aliphatic rings. The third-order valence-electron chi connectivity index (χ3n) is 8.26. The van der Waals surface area contributed by atoms with Crippen LogP contribution in [0.2, 0.25) is 0 Å². The molecule has 3 heterocycles. The molecule has 206 valence electrons. The van der Waals surface area contributed by atoms with Gasteiger partial charge in [-0.05, 0) is 48.5 Å². The summed E-state index contributed by atoms with van der Waals surface area (Å²) < 4.78 is 8.76. The monoisotopic (exact) mass is 564 g/mol. The van der Waals surface area contributed by atoms with Crippen molar-refractivity contribution in [3.63, 3.8) is 0 Å². The Balaban J connectivity index is 1.21. The van der Waals surface area contributed by atoms with Gasteiger partial charge in [-0.25, -0.2) is 15.0 Å². The van der Waals surface area contributed by atoms with Crippen LogP contribution in [0.15, 0.2) is 150 Å². The molecule has 0 radical (unpaired) electrons. The summed E-state index contributed by atoms with van der Waals surface area (Å²) in [6.07, 6.45) is 0. The summed E-state index contributed by atoms with van der Waals surface area (Å²) in [5.41, 5.74) is 7.92. The summed E-state index contributed by atoms with van der Waals surface area (Å²) in [6.45, 7) is 0. The molecule has 0 atom stereocenters. The molecular formula is C39H24N4O. The SMILES string of the molecule is c1ccc(-c2nc(-c3ccccc3)nc(-c3ccc(-n4c5ccccc5c5c6oc7ccccc7c6ccc54)cc3)n2)cc1. The molecule has 0 saturated carbocycles. The van der Waals surface area contributed by atoms with Crippen molar-refractivity contribution in [2.45, 2.75) is 0 Å². The predicted molar refractivity (Wildman–Crippen MR) is 178 cm³/mol. The van der Waals surface area contributed by atoms with Crippen molar-refractivity contribution < 1.29 is 4.42 Å². The minimum atomic E-state index is 0.635. The van der Waals surface area contributed by atoms with Crippen LogP contribution in [0.1, 0.15) is 0 Å². The van der Waals surface area contributed by atoms with Crippen molar-refractivity contribution >= 4 is 43.7 Å². The molecule has 0 unspecified atom stereocenters. The van der Waals surface area contributed by atoms with Gasteiger partial charge in [-0.15, -0.1) is 0 Å². The third kappa shape index (κ3) is 3.83. The molecule has 0 N–H and O–H groups in total. The van der Waals surface area contributed by atoms with Crippen LogP contribution in [0, 0.1) is 0 Å². The molecule has 0 saturated heterocycles. The first kappa shape index (κ1) is 24.5. The van der Waals surface area contributed by atoms with Gasteiger partial charge in [0.1, 0.15) is 11.2 Å². The number of benzene rings is 6. The van der Waals surface area contributed by atoms with Gasteiger partial charge in [0.15, 0.2) is 17.5 Å². The van der Waals surface area contributed by atoms with E-state index in [-0.39, 0.29) is 0 Å². The van der Waals surface area contributed by atoms with Gasteiger partial charge in [-0.2, -0.15) is 0 Å². The second-order valence-electron chi connectivity index (χ2n) is 10.9. The van der Waals surface area contributed by atoms with Crippen LogP contribution in [-0.4, -0.2) is 19.5 Å². The number of furan rings is 1. The molecule has 6 aromatic carbocycles. The van der Waals surface area contributed by atoms with Gasteiger partial charge in [0.25, 0.3) is 0 Å². The number of para-hydroxylation sites is 2. The first-order chi connectivity index (χ1) is 21.8. The minimum Gasteiger partial charge on any atom is -0.455 e. The van der Waals surface area contributed by atoms with Crippen LogP contribution in [0.4, 0.5) is 0 Å². The smallest absolute Gasteiger partial charge is 0.164 e. The molecular weight excluding hydrogens is 540 g/mol. The molecule has 0 aliphatic carbocycles. The van der Waals surface area contributed by atoms with Gasteiger partial charge in [0, 0.05) is 38.5 Å². The Hall–Kier alpha value is -6.07. The molecule has 5 heteroatoms. The van der Waals surface area contributed by atoms with E-state index in [2.05, 4.69) is 77.4 Å². The fourth-order valence-corrected chi connectivity index (χ4v) is 6.21. The van der Waals surface area contributed by atoms with E-state index in [1.54, 1.807) is 0 Å². The lowest BCUT2D eigenvalue weighted by molar-refractivity contribution is 0.673. The van der Waals surface area contributed by atoms with Crippen LogP contribution >= 0.6 is 0 Å². The average molecular weight is 565 g/mol. The Bertz CT molecular complexity index is 2420. The molecule has 0 aliphatic heterocycles. The maximum atomic E-state index is 6.46. The van der Waals surface area contributed by atoms with Gasteiger partial charge >= 0.3 is 0 Å². The van der Waals surface area contributed by atoms with Crippen LogP contribution in [0.25, 0.3) is 83.6 Å². The highest BCUT2D eigenvalue weighted by Crippen LogP contribution is 2.40. The van der Waals surface area contributed by atoms with Crippen LogP contribution in [0.5, 0.6) is 0 Å². The molecule has 9 aromatic rings. The van der Waals surface area contributed by atoms with Crippen LogP contribution in [-0.2, 0) is 0 Å². The second-order valence-corrected chi connectivity index (χ2v) is 10.9. The largest absolute Gasteiger partial charge is 0.455 e. The lowest BCUT2D eigenvalue weighted by atomic mass is 10.1. The average Bonchev–Trinajstić information content (AvgIpc) is 3.65. The Morgan fingerprint density at radius 1 is 0.409 bits per heavy atom. The molecule has 0 fully saturated rings. The number of fused-ring (bicyclic) bond motifs is 7. The number of rotatable bonds is 4. The van der Waals surface area contributed by atoms with E-state index >= 15 is 0 Å². The molecule has 9 rings (SSSR count). The summed E-state index contributed by atoms with van der Waals surface area (Å²) in [7, 11) is 0. The summed E-state index contributed by atoms with van der Waals surface area (Å²) in [5.74, 6) is 1.93. The molecule has 0 spiro atoms. The second kappa shape index (κ2) is 9.75. The summed E-state index contributed by atoms with van der Waals surface area (Å²) in [5, 5.41) is 4.54. The van der Waals surface area contributed by atoms with E-state index in [1.165, 1.54) is 0 Å². The highest BCUT2D eigenvalue weighted by Gasteiger charge is 2.19. The Kier molecular flexibility index (Phi) is 5.43. The summed E-state index contributed by atoms with van der Waals surface area (Å²) in [4.78, 5) is 14.6. The molecule has 44 heavy (non-hydrogen) atoms. The minimum absolute atomic E-state index is 0.635. The maximum Gasteiger partial charge on any atom is 0.164 e. The molecule has 5 nitrogen and oxygen atoms in total. The van der Waals surface area contributed by atoms with Crippen molar-refractivity contribution in [3.05, 3.63) is 146 Å². The fourth-order valence-electron chi connectivity index (χ4n) is 6.21. The van der Waals surface area contributed by atoms with Crippen molar-refractivity contribution in [2.24, 2.45) is 0 Å². The van der Waals surface area contributed by atoms with E-state index in [0.29, 0.717) is 17.5 Å². The van der Waals surface area contributed by atoms with Gasteiger partial charge < -0.3 is 8.98 Å². The Morgan fingerprint density at radius 3 is 1.61 bits per heavy atom. The van der Waals surface area contributed by atoms with Crippen LogP contribution in [0.3, 0.4) is 0 Å². The predicted octanol–water partition coefficient (Wildman–Crippen LogP) is 9.87. The Morgan fingerprint density at radius 2 is 0.955 bits per heavy atom. The molecule has 3 aromatic heterocycles. The van der Waals surface area contributed by atoms with E-state index in [9.17, 15) is 0 Å². The normalized spacial score (nSPS) is 11.6. The Labute approximate surface area is 252 Å². The molecule has 0 amide bonds. The number of hydrogen-bond acceptors (Lipinski definition) is 4. The lowest BCUT2D eigenvalue weighted by Crippen LogP contribution is -2.00. The highest BCUT2D eigenvalue weighted by molar-refractivity contribution is 6.23. The quantitative estimate of drug-likeness (QED) is 0.213. The van der Waals surface area contributed by atoms with Crippen LogP contribution < -0.4 is 0 Å². The number of hydrogen-bond donors (Lipinski definition) is 0. The summed E-state index contributed by atoms with van der Waals surface area (Å²) >= 11 is 0. The van der Waals surface area contributed by atoms with Gasteiger partial charge in [-0.1, -0.05) is 97.1 Å². The zero-order valence-electron chi connectivity index (χ0n) is 23.6. The van der Waals surface area contributed by atoms with E-state index < -0.39 is 0 Å². The topological polar surface area (TPSA) is 56.7 Å². The van der Waals surface area contributed by atoms with Crippen molar-refractivity contribution in [3.8, 4) is 39.9 Å². The maximum absolute atomic E-state index is 6.46. The first-order valence-electron chi connectivity index (χ1n) is 14.6. The van der Waals surface area contributed by atoms with Crippen molar-refractivity contribution in [1.82, 2.24) is 19.5 Å². The van der Waals surface area contributed by atoms with Gasteiger partial charge in [0.2, 0.25) is 0 Å². The standard InChI is InChI=1S/C39H24N4O/c1-3-11-25(12-4-1)37-40-38(26-13-5-2-6-14-26)42-39(41-37)27-19-21-28(22-20-27)43-32-17-9-7-16-31(32)35-33(43)24-23-30-29-15-8-10-18-34(29)44-36(30)35/h1-24H. The van der Waals surface area contributed by atoms with Gasteiger partial charge in [0.05, 0.1) is 16.4 Å². The molecule has 0 bridgehead atoms. The van der Waals surface area contributed by atoms with Crippen molar-refractivity contribution in [2.75, 3.05) is 0 Å². The van der Waals surface area contributed by atoms with E-state index in [1.807, 2.05) is 72.8 Å². The number of aromatic nitrogens is 4. The van der Waals surface area contributed by atoms with Crippen molar-refractivity contribution in [1.29, 1.82) is 0 Å².